The Morgan fingerprint density at radius 1 is 1.46 bits per heavy atom. The van der Waals surface area contributed by atoms with E-state index in [1.54, 1.807) is 0 Å². The Labute approximate surface area is 80.2 Å². The van der Waals surface area contributed by atoms with E-state index in [9.17, 15) is 5.11 Å². The van der Waals surface area contributed by atoms with Gasteiger partial charge in [0.25, 0.3) is 0 Å². The van der Waals surface area contributed by atoms with Crippen molar-refractivity contribution >= 4 is 0 Å². The van der Waals surface area contributed by atoms with E-state index >= 15 is 0 Å². The molecule has 0 aromatic carbocycles. The van der Waals surface area contributed by atoms with E-state index in [1.165, 1.54) is 12.8 Å². The summed E-state index contributed by atoms with van der Waals surface area (Å²) in [5, 5.41) is 9.37. The van der Waals surface area contributed by atoms with Crippen molar-refractivity contribution in [1.82, 2.24) is 0 Å². The monoisotopic (exact) mass is 178 g/mol. The molecule has 13 heavy (non-hydrogen) atoms. The summed E-state index contributed by atoms with van der Waals surface area (Å²) in [5.41, 5.74) is 1.13. The summed E-state index contributed by atoms with van der Waals surface area (Å²) >= 11 is 0. The Balaban J connectivity index is 2.04. The third-order valence-electron chi connectivity index (χ3n) is 3.47. The normalized spacial score (nSPS) is 39.9. The van der Waals surface area contributed by atoms with Gasteiger partial charge in [0.05, 0.1) is 6.10 Å². The summed E-state index contributed by atoms with van der Waals surface area (Å²) < 4.78 is 0. The van der Waals surface area contributed by atoms with Crippen molar-refractivity contribution in [2.24, 2.45) is 17.8 Å². The van der Waals surface area contributed by atoms with Crippen molar-refractivity contribution in [2.45, 2.75) is 32.8 Å². The van der Waals surface area contributed by atoms with Gasteiger partial charge in [-0.05, 0) is 50.0 Å². The average molecular weight is 178 g/mol. The quantitative estimate of drug-likeness (QED) is 0.644. The highest BCUT2D eigenvalue weighted by molar-refractivity contribution is 5.17. The van der Waals surface area contributed by atoms with Crippen molar-refractivity contribution < 1.29 is 5.11 Å². The number of allylic oxidation sites excluding steroid dienone is 3. The molecule has 0 aliphatic heterocycles. The highest BCUT2D eigenvalue weighted by atomic mass is 16.3. The smallest absolute Gasteiger partial charge is 0.0719 e. The maximum atomic E-state index is 9.37. The third-order valence-corrected chi connectivity index (χ3v) is 3.47. The summed E-state index contributed by atoms with van der Waals surface area (Å²) in [6, 6.07) is 0. The van der Waals surface area contributed by atoms with E-state index in [4.69, 9.17) is 0 Å². The molecule has 0 heterocycles. The van der Waals surface area contributed by atoms with Crippen molar-refractivity contribution in [1.29, 1.82) is 0 Å². The topological polar surface area (TPSA) is 20.2 Å². The Morgan fingerprint density at radius 2 is 2.23 bits per heavy atom. The first-order valence-corrected chi connectivity index (χ1v) is 5.21. The molecule has 0 radical (unpaired) electrons. The predicted molar refractivity (Wildman–Crippen MR) is 54.3 cm³/mol. The van der Waals surface area contributed by atoms with E-state index in [1.807, 2.05) is 13.8 Å². The fourth-order valence-electron chi connectivity index (χ4n) is 2.49. The standard InChI is InChI=1S/C12H18O/c1-8(9(2)13)5-12-7-10-3-4-11(12)6-10/h3-5,9-13H,6-7H2,1-2H3. The molecule has 0 aromatic rings. The van der Waals surface area contributed by atoms with Gasteiger partial charge in [0.15, 0.2) is 0 Å². The summed E-state index contributed by atoms with van der Waals surface area (Å²) in [6.45, 7) is 3.87. The van der Waals surface area contributed by atoms with Gasteiger partial charge >= 0.3 is 0 Å². The zero-order valence-corrected chi connectivity index (χ0v) is 8.40. The Bertz CT molecular complexity index is 250. The zero-order valence-electron chi connectivity index (χ0n) is 8.40. The lowest BCUT2D eigenvalue weighted by molar-refractivity contribution is 0.230. The molecular formula is C12H18O. The van der Waals surface area contributed by atoms with Gasteiger partial charge in [-0.3, -0.25) is 0 Å². The lowest BCUT2D eigenvalue weighted by atomic mass is 9.91. The minimum absolute atomic E-state index is 0.275. The van der Waals surface area contributed by atoms with E-state index in [0.29, 0.717) is 5.92 Å². The van der Waals surface area contributed by atoms with Gasteiger partial charge in [-0.2, -0.15) is 0 Å². The number of hydrogen-bond acceptors (Lipinski definition) is 1. The molecule has 0 saturated heterocycles. The summed E-state index contributed by atoms with van der Waals surface area (Å²) in [4.78, 5) is 0. The molecule has 1 nitrogen and oxygen atoms in total. The number of hydrogen-bond donors (Lipinski definition) is 1. The molecule has 2 aliphatic carbocycles. The van der Waals surface area contributed by atoms with Gasteiger partial charge in [0.1, 0.15) is 0 Å². The zero-order chi connectivity index (χ0) is 9.42. The molecule has 1 saturated carbocycles. The average Bonchev–Trinajstić information content (AvgIpc) is 2.64. The van der Waals surface area contributed by atoms with Crippen molar-refractivity contribution in [2.75, 3.05) is 0 Å². The van der Waals surface area contributed by atoms with E-state index in [0.717, 1.165) is 17.4 Å². The van der Waals surface area contributed by atoms with Gasteiger partial charge in [0.2, 0.25) is 0 Å². The maximum Gasteiger partial charge on any atom is 0.0719 e. The van der Waals surface area contributed by atoms with Gasteiger partial charge in [-0.15, -0.1) is 0 Å². The molecule has 1 fully saturated rings. The number of aliphatic hydroxyl groups excluding tert-OH is 1. The Hall–Kier alpha value is -0.560. The van der Waals surface area contributed by atoms with Gasteiger partial charge in [-0.25, -0.2) is 0 Å². The number of fused-ring (bicyclic) bond motifs is 2. The second kappa shape index (κ2) is 3.30. The first-order valence-electron chi connectivity index (χ1n) is 5.21. The lowest BCUT2D eigenvalue weighted by Crippen LogP contribution is -2.08. The molecule has 0 amide bonds. The van der Waals surface area contributed by atoms with Crippen LogP contribution in [0.2, 0.25) is 0 Å². The van der Waals surface area contributed by atoms with Crippen LogP contribution in [-0.4, -0.2) is 11.2 Å². The molecule has 0 aromatic heterocycles. The number of aliphatic hydroxyl groups is 1. The number of rotatable bonds is 2. The SMILES string of the molecule is CC(=CC1CC2C=CC1C2)C(C)O. The van der Waals surface area contributed by atoms with Crippen LogP contribution in [0.1, 0.15) is 26.7 Å². The maximum absolute atomic E-state index is 9.37. The van der Waals surface area contributed by atoms with Gasteiger partial charge in [-0.1, -0.05) is 18.2 Å². The summed E-state index contributed by atoms with van der Waals surface area (Å²) in [6.07, 6.45) is 9.35. The molecule has 0 spiro atoms. The van der Waals surface area contributed by atoms with Gasteiger partial charge in [0, 0.05) is 0 Å². The van der Waals surface area contributed by atoms with Crippen molar-refractivity contribution in [3.05, 3.63) is 23.8 Å². The molecule has 4 atom stereocenters. The first-order chi connectivity index (χ1) is 6.16. The largest absolute Gasteiger partial charge is 0.389 e. The Morgan fingerprint density at radius 3 is 2.69 bits per heavy atom. The Kier molecular flexibility index (Phi) is 2.29. The fourth-order valence-corrected chi connectivity index (χ4v) is 2.49. The molecule has 2 bridgehead atoms. The third kappa shape index (κ3) is 1.71. The van der Waals surface area contributed by atoms with Crippen LogP contribution in [0.3, 0.4) is 0 Å². The van der Waals surface area contributed by atoms with Crippen LogP contribution < -0.4 is 0 Å². The van der Waals surface area contributed by atoms with Crippen LogP contribution in [-0.2, 0) is 0 Å². The molecule has 4 unspecified atom stereocenters. The molecule has 2 rings (SSSR count). The van der Waals surface area contributed by atoms with E-state index in [2.05, 4.69) is 18.2 Å². The minimum atomic E-state index is -0.275. The molecule has 2 aliphatic rings. The van der Waals surface area contributed by atoms with Crippen LogP contribution in [0.25, 0.3) is 0 Å². The predicted octanol–water partition coefficient (Wildman–Crippen LogP) is 2.53. The van der Waals surface area contributed by atoms with Crippen LogP contribution in [0.5, 0.6) is 0 Å². The van der Waals surface area contributed by atoms with Crippen LogP contribution in [0.4, 0.5) is 0 Å². The molecular weight excluding hydrogens is 160 g/mol. The van der Waals surface area contributed by atoms with Crippen LogP contribution in [0, 0.1) is 17.8 Å². The second-order valence-electron chi connectivity index (χ2n) is 4.53. The van der Waals surface area contributed by atoms with Crippen molar-refractivity contribution in [3.8, 4) is 0 Å². The molecule has 1 N–H and O–H groups in total. The molecule has 1 heteroatoms. The van der Waals surface area contributed by atoms with Crippen LogP contribution in [0.15, 0.2) is 23.8 Å². The first kappa shape index (κ1) is 9.01. The molecule has 72 valence electrons. The summed E-state index contributed by atoms with van der Waals surface area (Å²) in [5.74, 6) is 2.29. The van der Waals surface area contributed by atoms with E-state index < -0.39 is 0 Å². The van der Waals surface area contributed by atoms with Gasteiger partial charge < -0.3 is 5.11 Å². The van der Waals surface area contributed by atoms with Crippen LogP contribution >= 0.6 is 0 Å². The van der Waals surface area contributed by atoms with Crippen molar-refractivity contribution in [3.63, 3.8) is 0 Å². The van der Waals surface area contributed by atoms with E-state index in [-0.39, 0.29) is 6.10 Å². The summed E-state index contributed by atoms with van der Waals surface area (Å²) in [7, 11) is 0. The highest BCUT2D eigenvalue weighted by Crippen LogP contribution is 2.44. The second-order valence-corrected chi connectivity index (χ2v) is 4.53. The fraction of sp³-hybridized carbons (Fsp3) is 0.667. The highest BCUT2D eigenvalue weighted by Gasteiger charge is 2.34. The lowest BCUT2D eigenvalue weighted by Gasteiger charge is -2.15. The minimum Gasteiger partial charge on any atom is -0.389 e.